The number of carbonyl (C=O) groups is 1. The van der Waals surface area contributed by atoms with Crippen molar-refractivity contribution in [2.24, 2.45) is 34.5 Å². The molecule has 2 fully saturated rings. The normalized spacial score (nSPS) is 49.9. The first kappa shape index (κ1) is 14.7. The Hall–Kier alpha value is -0.850. The van der Waals surface area contributed by atoms with Gasteiger partial charge in [0.15, 0.2) is 0 Å². The van der Waals surface area contributed by atoms with Crippen LogP contribution in [-0.4, -0.2) is 5.78 Å². The van der Waals surface area contributed by atoms with Crippen LogP contribution in [0.3, 0.4) is 0 Å². The molecule has 3 unspecified atom stereocenters. The molecule has 0 heterocycles. The zero-order valence-corrected chi connectivity index (χ0v) is 14.4. The second kappa shape index (κ2) is 4.82. The van der Waals surface area contributed by atoms with Crippen molar-refractivity contribution in [2.75, 3.05) is 0 Å². The lowest BCUT2D eigenvalue weighted by atomic mass is 9.48. The highest BCUT2D eigenvalue weighted by Gasteiger charge is 2.58. The Morgan fingerprint density at radius 3 is 2.73 bits per heavy atom. The molecular formula is C21H30O. The summed E-state index contributed by atoms with van der Waals surface area (Å²) < 4.78 is 0. The summed E-state index contributed by atoms with van der Waals surface area (Å²) in [6.07, 6.45) is 16.2. The van der Waals surface area contributed by atoms with Crippen LogP contribution in [0.15, 0.2) is 23.8 Å². The molecule has 22 heavy (non-hydrogen) atoms. The summed E-state index contributed by atoms with van der Waals surface area (Å²) in [6, 6.07) is 0. The molecule has 0 saturated heterocycles. The first-order chi connectivity index (χ1) is 10.5. The molecular weight excluding hydrogens is 268 g/mol. The summed E-state index contributed by atoms with van der Waals surface area (Å²) in [7, 11) is 0. The molecule has 120 valence electrons. The summed E-state index contributed by atoms with van der Waals surface area (Å²) in [5.74, 6) is 3.23. The zero-order valence-electron chi connectivity index (χ0n) is 14.4. The predicted molar refractivity (Wildman–Crippen MR) is 90.4 cm³/mol. The van der Waals surface area contributed by atoms with Crippen molar-refractivity contribution in [1.82, 2.24) is 0 Å². The number of allylic oxidation sites excluding steroid dienone is 4. The van der Waals surface area contributed by atoms with Gasteiger partial charge >= 0.3 is 0 Å². The van der Waals surface area contributed by atoms with Gasteiger partial charge in [-0.05, 0) is 86.0 Å². The molecule has 1 heteroatoms. The van der Waals surface area contributed by atoms with E-state index in [1.165, 1.54) is 38.5 Å². The van der Waals surface area contributed by atoms with E-state index in [4.69, 9.17) is 0 Å². The number of hydrogen-bond donors (Lipinski definition) is 0. The first-order valence-corrected chi connectivity index (χ1v) is 9.34. The van der Waals surface area contributed by atoms with E-state index in [0.717, 1.165) is 24.2 Å². The van der Waals surface area contributed by atoms with Gasteiger partial charge in [0.1, 0.15) is 5.78 Å². The Bertz CT molecular complexity index is 556. The lowest BCUT2D eigenvalue weighted by Crippen LogP contribution is -2.49. The highest BCUT2D eigenvalue weighted by Crippen LogP contribution is 2.65. The van der Waals surface area contributed by atoms with Gasteiger partial charge in [0, 0.05) is 5.92 Å². The molecule has 0 aliphatic heterocycles. The monoisotopic (exact) mass is 298 g/mol. The smallest absolute Gasteiger partial charge is 0.133 e. The molecule has 2 saturated carbocycles. The van der Waals surface area contributed by atoms with E-state index in [1.54, 1.807) is 5.57 Å². The minimum Gasteiger partial charge on any atom is -0.300 e. The van der Waals surface area contributed by atoms with Gasteiger partial charge in [-0.1, -0.05) is 32.1 Å². The van der Waals surface area contributed by atoms with Crippen molar-refractivity contribution in [1.29, 1.82) is 0 Å². The average molecular weight is 298 g/mol. The molecule has 4 rings (SSSR count). The van der Waals surface area contributed by atoms with E-state index in [2.05, 4.69) is 32.1 Å². The fourth-order valence-corrected chi connectivity index (χ4v) is 6.97. The highest BCUT2D eigenvalue weighted by molar-refractivity contribution is 5.79. The van der Waals surface area contributed by atoms with Gasteiger partial charge in [-0.15, -0.1) is 0 Å². The van der Waals surface area contributed by atoms with Crippen molar-refractivity contribution >= 4 is 5.78 Å². The second-order valence-corrected chi connectivity index (χ2v) is 8.92. The maximum Gasteiger partial charge on any atom is 0.133 e. The number of carbonyl (C=O) groups excluding carboxylic acids is 1. The standard InChI is InChI=1S/C21H30O/c1-14(22)17-9-10-18-16-8-7-15-6-4-5-12-20(15,2)19(16)11-13-21(17,18)3/h4,6-7,16-19H,5,8-13H2,1-3H3/t16?,17-,18?,19?,20+,21-/m1/s1. The number of rotatable bonds is 1. The predicted octanol–water partition coefficient (Wildman–Crippen LogP) is 5.32. The van der Waals surface area contributed by atoms with Gasteiger partial charge in [-0.3, -0.25) is 4.79 Å². The van der Waals surface area contributed by atoms with Gasteiger partial charge < -0.3 is 0 Å². The molecule has 0 spiro atoms. The third-order valence-corrected chi connectivity index (χ3v) is 8.14. The molecule has 0 amide bonds. The van der Waals surface area contributed by atoms with Crippen LogP contribution < -0.4 is 0 Å². The molecule has 0 radical (unpaired) electrons. The summed E-state index contributed by atoms with van der Waals surface area (Å²) in [5, 5.41) is 0. The molecule has 0 N–H and O–H groups in total. The van der Waals surface area contributed by atoms with E-state index in [-0.39, 0.29) is 0 Å². The van der Waals surface area contributed by atoms with Crippen LogP contribution in [0.2, 0.25) is 0 Å². The summed E-state index contributed by atoms with van der Waals surface area (Å²) >= 11 is 0. The van der Waals surface area contributed by atoms with Gasteiger partial charge in [0.25, 0.3) is 0 Å². The third-order valence-electron chi connectivity index (χ3n) is 8.14. The molecule has 1 nitrogen and oxygen atoms in total. The number of Topliss-reactive ketones (excluding diaryl/α,β-unsaturated/α-hetero) is 1. The minimum absolute atomic E-state index is 0.291. The summed E-state index contributed by atoms with van der Waals surface area (Å²) in [5.41, 5.74) is 2.32. The topological polar surface area (TPSA) is 17.1 Å². The number of hydrogen-bond acceptors (Lipinski definition) is 1. The molecule has 0 aromatic rings. The zero-order chi connectivity index (χ0) is 15.5. The lowest BCUT2D eigenvalue weighted by molar-refractivity contribution is -0.127. The van der Waals surface area contributed by atoms with Crippen molar-refractivity contribution in [3.63, 3.8) is 0 Å². The molecule has 0 aromatic heterocycles. The minimum atomic E-state index is 0.291. The Labute approximate surface area is 135 Å². The van der Waals surface area contributed by atoms with Gasteiger partial charge in [-0.2, -0.15) is 0 Å². The van der Waals surface area contributed by atoms with Crippen molar-refractivity contribution < 1.29 is 4.79 Å². The van der Waals surface area contributed by atoms with E-state index >= 15 is 0 Å². The third kappa shape index (κ3) is 1.80. The van der Waals surface area contributed by atoms with Crippen molar-refractivity contribution in [3.05, 3.63) is 23.8 Å². The maximum atomic E-state index is 12.1. The Morgan fingerprint density at radius 1 is 1.14 bits per heavy atom. The van der Waals surface area contributed by atoms with Crippen LogP contribution in [0, 0.1) is 34.5 Å². The molecule has 6 atom stereocenters. The first-order valence-electron chi connectivity index (χ1n) is 9.34. The Morgan fingerprint density at radius 2 is 1.95 bits per heavy atom. The van der Waals surface area contributed by atoms with E-state index in [0.29, 0.717) is 22.5 Å². The van der Waals surface area contributed by atoms with Crippen LogP contribution in [0.25, 0.3) is 0 Å². The second-order valence-electron chi connectivity index (χ2n) is 8.92. The molecule has 0 aromatic carbocycles. The van der Waals surface area contributed by atoms with Crippen LogP contribution in [0.4, 0.5) is 0 Å². The number of ketones is 1. The van der Waals surface area contributed by atoms with Crippen LogP contribution in [0.1, 0.15) is 65.7 Å². The molecule has 0 bridgehead atoms. The quantitative estimate of drug-likeness (QED) is 0.640. The largest absolute Gasteiger partial charge is 0.300 e. The Balaban J connectivity index is 1.70. The average Bonchev–Trinajstić information content (AvgIpc) is 2.84. The van der Waals surface area contributed by atoms with Gasteiger partial charge in [0.2, 0.25) is 0 Å². The van der Waals surface area contributed by atoms with Crippen LogP contribution in [-0.2, 0) is 4.79 Å². The fourth-order valence-electron chi connectivity index (χ4n) is 6.97. The van der Waals surface area contributed by atoms with Crippen LogP contribution in [0.5, 0.6) is 0 Å². The van der Waals surface area contributed by atoms with Gasteiger partial charge in [-0.25, -0.2) is 0 Å². The maximum absolute atomic E-state index is 12.1. The van der Waals surface area contributed by atoms with Gasteiger partial charge in [0.05, 0.1) is 0 Å². The molecule has 4 aliphatic carbocycles. The number of fused-ring (bicyclic) bond motifs is 5. The summed E-state index contributed by atoms with van der Waals surface area (Å²) in [6.45, 7) is 6.80. The summed E-state index contributed by atoms with van der Waals surface area (Å²) in [4.78, 5) is 12.1. The highest BCUT2D eigenvalue weighted by atomic mass is 16.1. The SMILES string of the molecule is CC(=O)[C@H]1CCC2C3CC=C4C=CCC[C@]4(C)C3CC[C@@]21C. The van der Waals surface area contributed by atoms with E-state index in [9.17, 15) is 4.79 Å². The van der Waals surface area contributed by atoms with Crippen LogP contribution >= 0.6 is 0 Å². The Kier molecular flexibility index (Phi) is 3.23. The lowest BCUT2D eigenvalue weighted by Gasteiger charge is -2.56. The van der Waals surface area contributed by atoms with Crippen molar-refractivity contribution in [2.45, 2.75) is 65.7 Å². The van der Waals surface area contributed by atoms with E-state index in [1.807, 2.05) is 6.92 Å². The van der Waals surface area contributed by atoms with Crippen molar-refractivity contribution in [3.8, 4) is 0 Å². The fraction of sp³-hybridized carbons (Fsp3) is 0.762. The molecule has 4 aliphatic rings. The van der Waals surface area contributed by atoms with E-state index < -0.39 is 0 Å².